The van der Waals surface area contributed by atoms with E-state index in [1.54, 1.807) is 0 Å². The molecule has 1 rings (SSSR count). The van der Waals surface area contributed by atoms with Crippen molar-refractivity contribution in [2.24, 2.45) is 0 Å². The Kier molecular flexibility index (Phi) is 12.3. The van der Waals surface area contributed by atoms with Gasteiger partial charge in [0.25, 0.3) is 0 Å². The van der Waals surface area contributed by atoms with Gasteiger partial charge < -0.3 is 15.5 Å². The summed E-state index contributed by atoms with van der Waals surface area (Å²) in [5, 5.41) is 6.52. The van der Waals surface area contributed by atoms with E-state index >= 15 is 0 Å². The molecule has 0 bridgehead atoms. The molecule has 0 spiro atoms. The number of carbonyl (C=O) groups is 1. The smallest absolute Gasteiger partial charge is 0.221 e. The maximum Gasteiger partial charge on any atom is 0.221 e. The molecule has 0 saturated heterocycles. The van der Waals surface area contributed by atoms with Crippen molar-refractivity contribution in [1.29, 1.82) is 0 Å². The van der Waals surface area contributed by atoms with E-state index < -0.39 is 0 Å². The largest absolute Gasteiger partial charge is 0.370 e. The summed E-state index contributed by atoms with van der Waals surface area (Å²) >= 11 is 0. The summed E-state index contributed by atoms with van der Waals surface area (Å²) in [6.45, 7) is 6.54. The molecule has 1 heterocycles. The van der Waals surface area contributed by atoms with Crippen molar-refractivity contribution in [2.45, 2.75) is 117 Å². The Labute approximate surface area is 155 Å². The van der Waals surface area contributed by atoms with Crippen LogP contribution in [0.15, 0.2) is 12.4 Å². The van der Waals surface area contributed by atoms with Crippen molar-refractivity contribution < 1.29 is 4.79 Å². The predicted molar refractivity (Wildman–Crippen MR) is 107 cm³/mol. The van der Waals surface area contributed by atoms with Gasteiger partial charge in [-0.15, -0.1) is 0 Å². The predicted octanol–water partition coefficient (Wildman–Crippen LogP) is 5.26. The fourth-order valence-electron chi connectivity index (χ4n) is 3.43. The van der Waals surface area contributed by atoms with E-state index in [4.69, 9.17) is 0 Å². The molecule has 2 unspecified atom stereocenters. The highest BCUT2D eigenvalue weighted by atomic mass is 16.1. The molecule has 4 heteroatoms. The normalized spacial score (nSPS) is 17.6. The molecule has 0 aromatic heterocycles. The van der Waals surface area contributed by atoms with Crippen molar-refractivity contribution in [1.82, 2.24) is 15.5 Å². The van der Waals surface area contributed by atoms with E-state index in [0.717, 1.165) is 12.8 Å². The van der Waals surface area contributed by atoms with Crippen LogP contribution in [0.25, 0.3) is 0 Å². The molecule has 0 aliphatic carbocycles. The van der Waals surface area contributed by atoms with E-state index in [2.05, 4.69) is 42.5 Å². The van der Waals surface area contributed by atoms with Crippen LogP contribution < -0.4 is 10.6 Å². The summed E-state index contributed by atoms with van der Waals surface area (Å²) in [5.74, 6) is 0.185. The second-order valence-corrected chi connectivity index (χ2v) is 7.41. The van der Waals surface area contributed by atoms with Gasteiger partial charge in [0.15, 0.2) is 0 Å². The second-order valence-electron chi connectivity index (χ2n) is 7.41. The first-order chi connectivity index (χ1) is 12.2. The molecule has 0 aromatic carbocycles. The lowest BCUT2D eigenvalue weighted by Crippen LogP contribution is -2.49. The lowest BCUT2D eigenvalue weighted by Gasteiger charge is -2.32. The van der Waals surface area contributed by atoms with Gasteiger partial charge >= 0.3 is 0 Å². The molecule has 0 saturated carbocycles. The highest BCUT2D eigenvalue weighted by Crippen LogP contribution is 2.15. The third-order valence-electron chi connectivity index (χ3n) is 5.05. The van der Waals surface area contributed by atoms with E-state index in [9.17, 15) is 4.79 Å². The minimum atomic E-state index is 0.0548. The van der Waals surface area contributed by atoms with Gasteiger partial charge in [-0.1, -0.05) is 71.6 Å². The van der Waals surface area contributed by atoms with Crippen molar-refractivity contribution in [3.05, 3.63) is 12.4 Å². The van der Waals surface area contributed by atoms with Crippen LogP contribution >= 0.6 is 0 Å². The lowest BCUT2D eigenvalue weighted by atomic mass is 10.1. The summed E-state index contributed by atoms with van der Waals surface area (Å²) in [6.07, 6.45) is 20.2. The minimum absolute atomic E-state index is 0.0548. The van der Waals surface area contributed by atoms with Gasteiger partial charge in [-0.3, -0.25) is 4.79 Å². The second kappa shape index (κ2) is 14.0. The highest BCUT2D eigenvalue weighted by Gasteiger charge is 2.23. The summed E-state index contributed by atoms with van der Waals surface area (Å²) in [6, 6.07) is 0. The van der Waals surface area contributed by atoms with Crippen LogP contribution in [0.5, 0.6) is 0 Å². The topological polar surface area (TPSA) is 44.4 Å². The molecule has 146 valence electrons. The fraction of sp³-hybridized carbons (Fsp3) is 0.857. The van der Waals surface area contributed by atoms with E-state index in [1.807, 2.05) is 6.20 Å². The van der Waals surface area contributed by atoms with Gasteiger partial charge in [0.1, 0.15) is 0 Å². The molecule has 0 radical (unpaired) electrons. The molecule has 1 aliphatic heterocycles. The molecular formula is C21H41N3O. The van der Waals surface area contributed by atoms with Crippen LogP contribution in [0.3, 0.4) is 0 Å². The van der Waals surface area contributed by atoms with Gasteiger partial charge in [0.05, 0.1) is 12.3 Å². The monoisotopic (exact) mass is 351 g/mol. The van der Waals surface area contributed by atoms with Crippen LogP contribution in [0.2, 0.25) is 0 Å². The molecule has 25 heavy (non-hydrogen) atoms. The van der Waals surface area contributed by atoms with E-state index in [-0.39, 0.29) is 12.1 Å². The molecule has 2 N–H and O–H groups in total. The maximum atomic E-state index is 12.2. The van der Waals surface area contributed by atoms with Crippen molar-refractivity contribution in [3.8, 4) is 0 Å². The van der Waals surface area contributed by atoms with Crippen molar-refractivity contribution >= 4 is 5.91 Å². The summed E-state index contributed by atoms with van der Waals surface area (Å²) in [4.78, 5) is 14.4. The number of hydrogen-bond donors (Lipinski definition) is 2. The number of nitrogens with zero attached hydrogens (tertiary/aromatic N) is 1. The number of rotatable bonds is 15. The first-order valence-electron chi connectivity index (χ1n) is 10.7. The molecule has 0 aromatic rings. The summed E-state index contributed by atoms with van der Waals surface area (Å²) < 4.78 is 0. The Balaban J connectivity index is 2.06. The average molecular weight is 352 g/mol. The third-order valence-corrected chi connectivity index (χ3v) is 5.05. The zero-order chi connectivity index (χ0) is 18.3. The first kappa shape index (κ1) is 21.9. The Morgan fingerprint density at radius 2 is 1.60 bits per heavy atom. The highest BCUT2D eigenvalue weighted by molar-refractivity contribution is 5.76. The first-order valence-corrected chi connectivity index (χ1v) is 10.7. The van der Waals surface area contributed by atoms with Crippen LogP contribution in [0.4, 0.5) is 0 Å². The Bertz CT molecular complexity index is 370. The minimum Gasteiger partial charge on any atom is -0.370 e. The van der Waals surface area contributed by atoms with E-state index in [1.165, 1.54) is 64.2 Å². The van der Waals surface area contributed by atoms with Crippen LogP contribution in [-0.2, 0) is 4.79 Å². The van der Waals surface area contributed by atoms with Crippen molar-refractivity contribution in [3.63, 3.8) is 0 Å². The number of unbranched alkanes of at least 4 members (excludes halogenated alkanes) is 9. The number of carbonyl (C=O) groups excluding carboxylic acids is 1. The quantitative estimate of drug-likeness (QED) is 0.395. The van der Waals surface area contributed by atoms with Crippen LogP contribution in [0.1, 0.15) is 104 Å². The summed E-state index contributed by atoms with van der Waals surface area (Å²) in [5.41, 5.74) is 0. The molecule has 4 nitrogen and oxygen atoms in total. The fourth-order valence-corrected chi connectivity index (χ4v) is 3.43. The SMILES string of the molecule is CCCCCCCCCCCC(=O)NC(C)N1C=CNC1CCCC. The molecule has 1 aliphatic rings. The zero-order valence-corrected chi connectivity index (χ0v) is 16.9. The van der Waals surface area contributed by atoms with Gasteiger partial charge in [0.2, 0.25) is 5.91 Å². The Morgan fingerprint density at radius 3 is 2.24 bits per heavy atom. The van der Waals surface area contributed by atoms with Crippen LogP contribution in [0, 0.1) is 0 Å². The number of hydrogen-bond acceptors (Lipinski definition) is 3. The Morgan fingerprint density at radius 1 is 1.00 bits per heavy atom. The van der Waals surface area contributed by atoms with Crippen molar-refractivity contribution in [2.75, 3.05) is 0 Å². The maximum absolute atomic E-state index is 12.2. The van der Waals surface area contributed by atoms with Gasteiger partial charge in [0, 0.05) is 18.8 Å². The zero-order valence-electron chi connectivity index (χ0n) is 16.9. The van der Waals surface area contributed by atoms with Crippen LogP contribution in [-0.4, -0.2) is 23.1 Å². The molecule has 0 fully saturated rings. The molecule has 2 atom stereocenters. The number of nitrogens with one attached hydrogen (secondary N) is 2. The van der Waals surface area contributed by atoms with Gasteiger partial charge in [-0.25, -0.2) is 0 Å². The summed E-state index contributed by atoms with van der Waals surface area (Å²) in [7, 11) is 0. The van der Waals surface area contributed by atoms with Gasteiger partial charge in [-0.2, -0.15) is 0 Å². The number of amides is 1. The van der Waals surface area contributed by atoms with Gasteiger partial charge in [-0.05, 0) is 26.2 Å². The lowest BCUT2D eigenvalue weighted by molar-refractivity contribution is -0.122. The molecule has 1 amide bonds. The standard InChI is InChI=1S/C21H41N3O/c1-4-6-8-9-10-11-12-13-14-16-21(25)23-19(3)24-18-17-22-20(24)15-7-5-2/h17-20,22H,4-16H2,1-3H3,(H,23,25). The van der Waals surface area contributed by atoms with E-state index in [0.29, 0.717) is 12.6 Å². The third kappa shape index (κ3) is 9.76. The average Bonchev–Trinajstić information content (AvgIpc) is 3.07. The Hall–Kier alpha value is -1.19. The molecular weight excluding hydrogens is 310 g/mol.